The van der Waals surface area contributed by atoms with Gasteiger partial charge in [-0.3, -0.25) is 9.69 Å². The molecule has 4 nitrogen and oxygen atoms in total. The molecule has 1 aliphatic carbocycles. The second-order valence-electron chi connectivity index (χ2n) is 5.06. The van der Waals surface area contributed by atoms with Crippen LogP contribution in [0.5, 0.6) is 0 Å². The lowest BCUT2D eigenvalue weighted by molar-refractivity contribution is -0.126. The quantitative estimate of drug-likeness (QED) is 0.734. The zero-order valence-corrected chi connectivity index (χ0v) is 9.95. The predicted octanol–water partition coefficient (Wildman–Crippen LogP) is 0.468. The van der Waals surface area contributed by atoms with Gasteiger partial charge in [-0.1, -0.05) is 19.3 Å². The van der Waals surface area contributed by atoms with E-state index in [4.69, 9.17) is 5.73 Å². The van der Waals surface area contributed by atoms with Gasteiger partial charge in [0, 0.05) is 18.6 Å². The van der Waals surface area contributed by atoms with Gasteiger partial charge in [0.1, 0.15) is 0 Å². The van der Waals surface area contributed by atoms with Crippen molar-refractivity contribution in [2.75, 3.05) is 19.6 Å². The molecule has 1 heterocycles. The minimum Gasteiger partial charge on any atom is -0.351 e. The number of nitrogens with two attached hydrogens (primary N) is 1. The second-order valence-corrected chi connectivity index (χ2v) is 5.06. The number of rotatable bonds is 3. The lowest BCUT2D eigenvalue weighted by Crippen LogP contribution is -2.57. The van der Waals surface area contributed by atoms with Crippen LogP contribution in [0.25, 0.3) is 0 Å². The Balaban J connectivity index is 1.90. The normalized spacial score (nSPS) is 29.1. The summed E-state index contributed by atoms with van der Waals surface area (Å²) >= 11 is 0. The maximum Gasteiger partial charge on any atom is 0.234 e. The predicted molar refractivity (Wildman–Crippen MR) is 64.0 cm³/mol. The van der Waals surface area contributed by atoms with Crippen molar-refractivity contribution in [2.45, 2.75) is 50.6 Å². The monoisotopic (exact) mass is 225 g/mol. The van der Waals surface area contributed by atoms with E-state index < -0.39 is 0 Å². The topological polar surface area (TPSA) is 58.4 Å². The van der Waals surface area contributed by atoms with Crippen molar-refractivity contribution in [1.29, 1.82) is 0 Å². The van der Waals surface area contributed by atoms with E-state index in [2.05, 4.69) is 10.2 Å². The average molecular weight is 225 g/mol. The van der Waals surface area contributed by atoms with Crippen LogP contribution < -0.4 is 11.1 Å². The van der Waals surface area contributed by atoms with E-state index in [1.165, 1.54) is 32.1 Å². The summed E-state index contributed by atoms with van der Waals surface area (Å²) in [6, 6.07) is 0.910. The Labute approximate surface area is 97.6 Å². The summed E-state index contributed by atoms with van der Waals surface area (Å²) in [6.45, 7) is 2.24. The van der Waals surface area contributed by atoms with E-state index in [-0.39, 0.29) is 11.9 Å². The van der Waals surface area contributed by atoms with Crippen molar-refractivity contribution in [1.82, 2.24) is 10.2 Å². The van der Waals surface area contributed by atoms with Crippen LogP contribution in [0.15, 0.2) is 0 Å². The molecular formula is C12H23N3O. The molecule has 1 atom stereocenters. The standard InChI is InChI=1S/C12H23N3O/c13-7-6-10-8-15(9-12(16)14-10)11-4-2-1-3-5-11/h10-11H,1-9,13H2,(H,14,16). The van der Waals surface area contributed by atoms with E-state index >= 15 is 0 Å². The van der Waals surface area contributed by atoms with Crippen molar-refractivity contribution in [2.24, 2.45) is 5.73 Å². The number of piperazine rings is 1. The molecule has 0 spiro atoms. The molecular weight excluding hydrogens is 202 g/mol. The molecule has 0 aromatic heterocycles. The van der Waals surface area contributed by atoms with Crippen LogP contribution in [-0.4, -0.2) is 42.5 Å². The zero-order valence-electron chi connectivity index (χ0n) is 9.95. The fourth-order valence-electron chi connectivity index (χ4n) is 2.94. The van der Waals surface area contributed by atoms with Gasteiger partial charge < -0.3 is 11.1 Å². The van der Waals surface area contributed by atoms with Crippen molar-refractivity contribution >= 4 is 5.91 Å². The van der Waals surface area contributed by atoms with E-state index in [1.54, 1.807) is 0 Å². The van der Waals surface area contributed by atoms with Gasteiger partial charge in [0.25, 0.3) is 0 Å². The Bertz CT molecular complexity index is 238. The maximum atomic E-state index is 11.6. The van der Waals surface area contributed by atoms with Crippen molar-refractivity contribution < 1.29 is 4.79 Å². The zero-order chi connectivity index (χ0) is 11.4. The summed E-state index contributed by atoms with van der Waals surface area (Å²) in [4.78, 5) is 14.0. The fourth-order valence-corrected chi connectivity index (χ4v) is 2.94. The summed E-state index contributed by atoms with van der Waals surface area (Å²) < 4.78 is 0. The fraction of sp³-hybridized carbons (Fsp3) is 0.917. The molecule has 2 aliphatic rings. The Morgan fingerprint density at radius 3 is 2.75 bits per heavy atom. The number of nitrogens with one attached hydrogen (secondary N) is 1. The largest absolute Gasteiger partial charge is 0.351 e. The number of hydrogen-bond donors (Lipinski definition) is 2. The molecule has 92 valence electrons. The van der Waals surface area contributed by atoms with Crippen LogP contribution in [0, 0.1) is 0 Å². The van der Waals surface area contributed by atoms with Crippen molar-refractivity contribution in [3.63, 3.8) is 0 Å². The SMILES string of the molecule is NCCC1CN(C2CCCCC2)CC(=O)N1. The van der Waals surface area contributed by atoms with Crippen LogP contribution in [0.3, 0.4) is 0 Å². The van der Waals surface area contributed by atoms with E-state index in [9.17, 15) is 4.79 Å². The van der Waals surface area contributed by atoms with E-state index in [0.717, 1.165) is 13.0 Å². The van der Waals surface area contributed by atoms with Gasteiger partial charge in [0.2, 0.25) is 5.91 Å². The summed E-state index contributed by atoms with van der Waals surface area (Å²) in [5.41, 5.74) is 5.56. The Morgan fingerprint density at radius 1 is 1.31 bits per heavy atom. The van der Waals surface area contributed by atoms with Gasteiger partial charge in [-0.2, -0.15) is 0 Å². The minimum absolute atomic E-state index is 0.176. The van der Waals surface area contributed by atoms with Gasteiger partial charge in [-0.15, -0.1) is 0 Å². The Hall–Kier alpha value is -0.610. The average Bonchev–Trinajstić information content (AvgIpc) is 2.30. The number of amides is 1. The molecule has 4 heteroatoms. The highest BCUT2D eigenvalue weighted by atomic mass is 16.2. The van der Waals surface area contributed by atoms with Crippen LogP contribution in [0.2, 0.25) is 0 Å². The molecule has 2 rings (SSSR count). The molecule has 0 aromatic rings. The van der Waals surface area contributed by atoms with Crippen molar-refractivity contribution in [3.05, 3.63) is 0 Å². The van der Waals surface area contributed by atoms with E-state index in [0.29, 0.717) is 19.1 Å². The summed E-state index contributed by atoms with van der Waals surface area (Å²) in [5, 5.41) is 3.03. The first-order chi connectivity index (χ1) is 7.79. The third kappa shape index (κ3) is 2.95. The maximum absolute atomic E-state index is 11.6. The highest BCUT2D eigenvalue weighted by Crippen LogP contribution is 2.23. The summed E-state index contributed by atoms with van der Waals surface area (Å²) in [7, 11) is 0. The van der Waals surface area contributed by atoms with Crippen LogP contribution in [0.4, 0.5) is 0 Å². The first-order valence-corrected chi connectivity index (χ1v) is 6.53. The number of carbonyl (C=O) groups excluding carboxylic acids is 1. The molecule has 0 radical (unpaired) electrons. The molecule has 1 saturated carbocycles. The molecule has 1 unspecified atom stereocenters. The smallest absolute Gasteiger partial charge is 0.234 e. The van der Waals surface area contributed by atoms with Gasteiger partial charge in [0.05, 0.1) is 6.54 Å². The number of carbonyl (C=O) groups is 1. The lowest BCUT2D eigenvalue weighted by atomic mass is 9.93. The Morgan fingerprint density at radius 2 is 2.06 bits per heavy atom. The van der Waals surface area contributed by atoms with Crippen LogP contribution in [0.1, 0.15) is 38.5 Å². The van der Waals surface area contributed by atoms with E-state index in [1.807, 2.05) is 0 Å². The number of hydrogen-bond acceptors (Lipinski definition) is 3. The van der Waals surface area contributed by atoms with Gasteiger partial charge in [-0.05, 0) is 25.8 Å². The summed E-state index contributed by atoms with van der Waals surface area (Å²) in [6.07, 6.45) is 7.44. The third-order valence-electron chi connectivity index (χ3n) is 3.77. The van der Waals surface area contributed by atoms with Gasteiger partial charge in [-0.25, -0.2) is 0 Å². The van der Waals surface area contributed by atoms with Crippen molar-refractivity contribution in [3.8, 4) is 0 Å². The second kappa shape index (κ2) is 5.64. The molecule has 16 heavy (non-hydrogen) atoms. The number of nitrogens with zero attached hydrogens (tertiary/aromatic N) is 1. The molecule has 1 saturated heterocycles. The highest BCUT2D eigenvalue weighted by Gasteiger charge is 2.29. The van der Waals surface area contributed by atoms with Gasteiger partial charge >= 0.3 is 0 Å². The minimum atomic E-state index is 0.176. The van der Waals surface area contributed by atoms with Crippen LogP contribution >= 0.6 is 0 Å². The lowest BCUT2D eigenvalue weighted by Gasteiger charge is -2.39. The Kier molecular flexibility index (Phi) is 4.18. The van der Waals surface area contributed by atoms with Crippen LogP contribution in [-0.2, 0) is 4.79 Å². The summed E-state index contributed by atoms with van der Waals surface area (Å²) in [5.74, 6) is 0.176. The first kappa shape index (κ1) is 11.9. The molecule has 0 bridgehead atoms. The molecule has 1 aliphatic heterocycles. The molecule has 0 aromatic carbocycles. The molecule has 2 fully saturated rings. The third-order valence-corrected chi connectivity index (χ3v) is 3.77. The molecule has 3 N–H and O–H groups in total. The highest BCUT2D eigenvalue weighted by molar-refractivity contribution is 5.79. The van der Waals surface area contributed by atoms with Gasteiger partial charge in [0.15, 0.2) is 0 Å². The molecule has 1 amide bonds. The first-order valence-electron chi connectivity index (χ1n) is 6.53.